The molecule has 8 heteroatoms. The van der Waals surface area contributed by atoms with Crippen LogP contribution in [0.1, 0.15) is 0 Å². The van der Waals surface area contributed by atoms with Crippen LogP contribution in [-0.2, 0) is 9.53 Å². The molecule has 0 saturated carbocycles. The molecule has 0 spiro atoms. The number of hydrogen-bond donors (Lipinski definition) is 2. The highest BCUT2D eigenvalue weighted by molar-refractivity contribution is 5.87. The first-order valence-corrected chi connectivity index (χ1v) is 3.92. The molecule has 78 valence electrons. The summed E-state index contributed by atoms with van der Waals surface area (Å²) in [5, 5.41) is 14.5. The number of hydrogen-bond acceptors (Lipinski definition) is 5. The Morgan fingerprint density at radius 1 is 1.79 bits per heavy atom. The van der Waals surface area contributed by atoms with Gasteiger partial charge in [-0.25, -0.2) is 4.79 Å². The monoisotopic (exact) mass is 203 g/mol. The average Bonchev–Trinajstić information content (AvgIpc) is 2.51. The lowest BCUT2D eigenvalue weighted by Crippen LogP contribution is -2.44. The maximum atomic E-state index is 11.1. The van der Waals surface area contributed by atoms with E-state index < -0.39 is 23.0 Å². The number of carbonyl (C=O) groups excluding carboxylic acids is 2. The van der Waals surface area contributed by atoms with Crippen molar-refractivity contribution >= 4 is 12.0 Å². The predicted octanol–water partition coefficient (Wildman–Crippen LogP) is -1.51. The van der Waals surface area contributed by atoms with E-state index in [1.807, 2.05) is 0 Å². The molecule has 1 rings (SSSR count). The van der Waals surface area contributed by atoms with Crippen LogP contribution in [0, 0.1) is 10.1 Å². The van der Waals surface area contributed by atoms with Gasteiger partial charge in [-0.2, -0.15) is 0 Å². The SMILES string of the molecule is O=C1NC(C(=O)NCC[N+](=O)[O-])CO1. The molecule has 1 saturated heterocycles. The van der Waals surface area contributed by atoms with E-state index in [-0.39, 0.29) is 19.7 Å². The molecule has 14 heavy (non-hydrogen) atoms. The van der Waals surface area contributed by atoms with Crippen molar-refractivity contribution in [3.63, 3.8) is 0 Å². The summed E-state index contributed by atoms with van der Waals surface area (Å²) in [5.74, 6) is -0.474. The highest BCUT2D eigenvalue weighted by Gasteiger charge is 2.28. The zero-order valence-corrected chi connectivity index (χ0v) is 7.19. The Hall–Kier alpha value is -1.86. The smallest absolute Gasteiger partial charge is 0.407 e. The first-order chi connectivity index (χ1) is 6.59. The van der Waals surface area contributed by atoms with Gasteiger partial charge >= 0.3 is 6.09 Å². The number of rotatable bonds is 4. The van der Waals surface area contributed by atoms with Crippen molar-refractivity contribution in [1.29, 1.82) is 0 Å². The molecular formula is C6H9N3O5. The third-order valence-corrected chi connectivity index (χ3v) is 1.58. The van der Waals surface area contributed by atoms with Crippen LogP contribution in [0.15, 0.2) is 0 Å². The fourth-order valence-corrected chi connectivity index (χ4v) is 0.919. The third kappa shape index (κ3) is 2.88. The van der Waals surface area contributed by atoms with Crippen LogP contribution >= 0.6 is 0 Å². The van der Waals surface area contributed by atoms with Crippen molar-refractivity contribution in [1.82, 2.24) is 10.6 Å². The largest absolute Gasteiger partial charge is 0.447 e. The summed E-state index contributed by atoms with van der Waals surface area (Å²) < 4.78 is 4.47. The van der Waals surface area contributed by atoms with Gasteiger partial charge in [0.2, 0.25) is 12.5 Å². The maximum Gasteiger partial charge on any atom is 0.407 e. The molecule has 1 atom stereocenters. The van der Waals surface area contributed by atoms with Crippen molar-refractivity contribution in [2.75, 3.05) is 19.7 Å². The Labute approximate surface area is 78.7 Å². The first kappa shape index (κ1) is 10.2. The molecule has 0 aliphatic carbocycles. The van der Waals surface area contributed by atoms with Crippen LogP contribution < -0.4 is 10.6 Å². The molecule has 0 aromatic rings. The summed E-state index contributed by atoms with van der Waals surface area (Å²) in [6.45, 7) is -0.436. The zero-order chi connectivity index (χ0) is 10.6. The summed E-state index contributed by atoms with van der Waals surface area (Å²) in [5.41, 5.74) is 0. The van der Waals surface area contributed by atoms with Crippen LogP contribution in [0.4, 0.5) is 4.79 Å². The summed E-state index contributed by atoms with van der Waals surface area (Å²) in [7, 11) is 0. The van der Waals surface area contributed by atoms with Gasteiger partial charge in [0.15, 0.2) is 0 Å². The molecule has 2 amide bonds. The van der Waals surface area contributed by atoms with Crippen molar-refractivity contribution in [2.45, 2.75) is 6.04 Å². The predicted molar refractivity (Wildman–Crippen MR) is 43.1 cm³/mol. The average molecular weight is 203 g/mol. The Morgan fingerprint density at radius 2 is 2.50 bits per heavy atom. The van der Waals surface area contributed by atoms with Crippen LogP contribution in [0.25, 0.3) is 0 Å². The number of cyclic esters (lactones) is 1. The lowest BCUT2D eigenvalue weighted by atomic mass is 10.3. The minimum atomic E-state index is -0.741. The maximum absolute atomic E-state index is 11.1. The highest BCUT2D eigenvalue weighted by Crippen LogP contribution is 1.96. The number of nitrogens with one attached hydrogen (secondary N) is 2. The van der Waals surface area contributed by atoms with Gasteiger partial charge in [-0.1, -0.05) is 0 Å². The minimum Gasteiger partial charge on any atom is -0.447 e. The Morgan fingerprint density at radius 3 is 3.00 bits per heavy atom. The lowest BCUT2D eigenvalue weighted by molar-refractivity contribution is -0.477. The van der Waals surface area contributed by atoms with E-state index in [9.17, 15) is 19.7 Å². The third-order valence-electron chi connectivity index (χ3n) is 1.58. The van der Waals surface area contributed by atoms with Crippen LogP contribution in [0.3, 0.4) is 0 Å². The normalized spacial score (nSPS) is 19.7. The summed E-state index contributed by atoms with van der Waals surface area (Å²) in [6, 6.07) is -0.741. The standard InChI is InChI=1S/C6H9N3O5/c10-5(7-1-2-9(12)13)4-3-14-6(11)8-4/h4H,1-3H2,(H,7,10)(H,8,11). The highest BCUT2D eigenvalue weighted by atomic mass is 16.6. The minimum absolute atomic E-state index is 0.0386. The Bertz CT molecular complexity index is 266. The van der Waals surface area contributed by atoms with E-state index in [1.165, 1.54) is 0 Å². The van der Waals surface area contributed by atoms with E-state index in [2.05, 4.69) is 15.4 Å². The van der Waals surface area contributed by atoms with Gasteiger partial charge in [-0.3, -0.25) is 14.9 Å². The molecule has 2 N–H and O–H groups in total. The van der Waals surface area contributed by atoms with E-state index >= 15 is 0 Å². The molecule has 1 aliphatic heterocycles. The molecule has 1 unspecified atom stereocenters. The molecule has 0 bridgehead atoms. The van der Waals surface area contributed by atoms with E-state index in [1.54, 1.807) is 0 Å². The number of ether oxygens (including phenoxy) is 1. The Kier molecular flexibility index (Phi) is 3.21. The topological polar surface area (TPSA) is 111 Å². The molecule has 0 radical (unpaired) electrons. The summed E-state index contributed by atoms with van der Waals surface area (Å²) >= 11 is 0. The molecule has 0 aromatic carbocycles. The molecule has 8 nitrogen and oxygen atoms in total. The van der Waals surface area contributed by atoms with Crippen LogP contribution in [0.2, 0.25) is 0 Å². The van der Waals surface area contributed by atoms with Gasteiger partial charge in [0.1, 0.15) is 12.6 Å². The molecule has 1 heterocycles. The van der Waals surface area contributed by atoms with Crippen LogP contribution in [-0.4, -0.2) is 42.7 Å². The van der Waals surface area contributed by atoms with Gasteiger partial charge in [0.25, 0.3) is 0 Å². The molecule has 1 aliphatic rings. The van der Waals surface area contributed by atoms with E-state index in [4.69, 9.17) is 0 Å². The molecule has 0 aromatic heterocycles. The van der Waals surface area contributed by atoms with Crippen molar-refractivity contribution < 1.29 is 19.2 Å². The lowest BCUT2D eigenvalue weighted by Gasteiger charge is -2.06. The second-order valence-electron chi connectivity index (χ2n) is 2.64. The zero-order valence-electron chi connectivity index (χ0n) is 7.19. The quantitative estimate of drug-likeness (QED) is 0.426. The number of nitrogens with zero attached hydrogens (tertiary/aromatic N) is 1. The van der Waals surface area contributed by atoms with Crippen molar-refractivity contribution in [2.24, 2.45) is 0 Å². The second kappa shape index (κ2) is 4.40. The van der Waals surface area contributed by atoms with E-state index in [0.29, 0.717) is 0 Å². The first-order valence-electron chi connectivity index (χ1n) is 3.92. The van der Waals surface area contributed by atoms with E-state index in [0.717, 1.165) is 0 Å². The number of amides is 2. The summed E-state index contributed by atoms with van der Waals surface area (Å²) in [4.78, 5) is 31.0. The molecular weight excluding hydrogens is 194 g/mol. The molecule has 1 fully saturated rings. The van der Waals surface area contributed by atoms with Crippen LogP contribution in [0.5, 0.6) is 0 Å². The van der Waals surface area contributed by atoms with Gasteiger partial charge in [0, 0.05) is 4.92 Å². The van der Waals surface area contributed by atoms with Gasteiger partial charge < -0.3 is 15.4 Å². The fraction of sp³-hybridized carbons (Fsp3) is 0.667. The fourth-order valence-electron chi connectivity index (χ4n) is 0.919. The number of nitro groups is 1. The Balaban J connectivity index is 2.22. The van der Waals surface area contributed by atoms with Gasteiger partial charge in [-0.15, -0.1) is 0 Å². The number of alkyl carbamates (subject to hydrolysis) is 1. The second-order valence-corrected chi connectivity index (χ2v) is 2.64. The van der Waals surface area contributed by atoms with Gasteiger partial charge in [0.05, 0.1) is 6.54 Å². The van der Waals surface area contributed by atoms with Gasteiger partial charge in [-0.05, 0) is 0 Å². The van der Waals surface area contributed by atoms with Crippen molar-refractivity contribution in [3.8, 4) is 0 Å². The number of carbonyl (C=O) groups is 2. The van der Waals surface area contributed by atoms with Crippen molar-refractivity contribution in [3.05, 3.63) is 10.1 Å². The summed E-state index contributed by atoms with van der Waals surface area (Å²) in [6.07, 6.45) is -0.653.